The summed E-state index contributed by atoms with van der Waals surface area (Å²) in [6.07, 6.45) is 0.834. The van der Waals surface area contributed by atoms with Gasteiger partial charge in [0.2, 0.25) is 0 Å². The number of rotatable bonds is 6. The van der Waals surface area contributed by atoms with E-state index in [0.717, 1.165) is 17.9 Å². The first-order valence-corrected chi connectivity index (χ1v) is 6.51. The summed E-state index contributed by atoms with van der Waals surface area (Å²) in [5.74, 6) is 0.829. The molecule has 0 spiro atoms. The second-order valence-corrected chi connectivity index (χ2v) is 4.56. The maximum absolute atomic E-state index is 10.7. The molecule has 0 saturated heterocycles. The van der Waals surface area contributed by atoms with E-state index in [2.05, 4.69) is 5.32 Å². The molecule has 2 aromatic rings. The molecule has 0 radical (unpaired) electrons. The van der Waals surface area contributed by atoms with Gasteiger partial charge in [-0.05, 0) is 36.2 Å². The van der Waals surface area contributed by atoms with Crippen LogP contribution >= 0.6 is 0 Å². The maximum Gasteiger partial charge on any atom is 0.292 e. The first kappa shape index (κ1) is 14.6. The van der Waals surface area contributed by atoms with Gasteiger partial charge in [-0.2, -0.15) is 0 Å². The Morgan fingerprint density at radius 1 is 1.24 bits per heavy atom. The highest BCUT2D eigenvalue weighted by atomic mass is 16.6. The molecule has 110 valence electrons. The van der Waals surface area contributed by atoms with Crippen LogP contribution in [-0.4, -0.2) is 18.6 Å². The van der Waals surface area contributed by atoms with Gasteiger partial charge in [0.1, 0.15) is 11.4 Å². The number of ether oxygens (including phenoxy) is 1. The monoisotopic (exact) mass is 287 g/mol. The van der Waals surface area contributed by atoms with E-state index >= 15 is 0 Å². The first-order chi connectivity index (χ1) is 10.1. The number of nitro benzene ring substituents is 1. The van der Waals surface area contributed by atoms with E-state index in [1.54, 1.807) is 19.2 Å². The molecule has 6 nitrogen and oxygen atoms in total. The van der Waals surface area contributed by atoms with Crippen molar-refractivity contribution in [2.75, 3.05) is 24.7 Å². The van der Waals surface area contributed by atoms with E-state index in [-0.39, 0.29) is 11.4 Å². The molecule has 0 aliphatic heterocycles. The normalized spacial score (nSPS) is 10.1. The van der Waals surface area contributed by atoms with Gasteiger partial charge in [0.15, 0.2) is 0 Å². The van der Waals surface area contributed by atoms with Crippen molar-refractivity contribution >= 4 is 17.1 Å². The van der Waals surface area contributed by atoms with E-state index in [4.69, 9.17) is 10.5 Å². The molecule has 3 N–H and O–H groups in total. The lowest BCUT2D eigenvalue weighted by Gasteiger charge is -2.08. The minimum atomic E-state index is -0.490. The molecular weight excluding hydrogens is 270 g/mol. The van der Waals surface area contributed by atoms with E-state index in [1.807, 2.05) is 24.3 Å². The smallest absolute Gasteiger partial charge is 0.292 e. The van der Waals surface area contributed by atoms with Gasteiger partial charge in [-0.1, -0.05) is 12.1 Å². The van der Waals surface area contributed by atoms with E-state index in [1.165, 1.54) is 11.6 Å². The SMILES string of the molecule is COc1ccc(CCNc2ccc([N+](=O)[O-])c(N)c2)cc1. The molecule has 0 amide bonds. The minimum Gasteiger partial charge on any atom is -0.497 e. The van der Waals surface area contributed by atoms with Crippen molar-refractivity contribution in [3.8, 4) is 5.75 Å². The maximum atomic E-state index is 10.7. The highest BCUT2D eigenvalue weighted by molar-refractivity contribution is 5.65. The number of methoxy groups -OCH3 is 1. The Kier molecular flexibility index (Phi) is 4.61. The van der Waals surface area contributed by atoms with Gasteiger partial charge in [-0.15, -0.1) is 0 Å². The van der Waals surface area contributed by atoms with Crippen LogP contribution in [0.25, 0.3) is 0 Å². The van der Waals surface area contributed by atoms with Crippen molar-refractivity contribution in [3.63, 3.8) is 0 Å². The Balaban J connectivity index is 1.91. The highest BCUT2D eigenvalue weighted by Crippen LogP contribution is 2.24. The summed E-state index contributed by atoms with van der Waals surface area (Å²) in [5, 5.41) is 13.9. The molecule has 0 aliphatic carbocycles. The van der Waals surface area contributed by atoms with Crippen molar-refractivity contribution in [2.45, 2.75) is 6.42 Å². The first-order valence-electron chi connectivity index (χ1n) is 6.51. The van der Waals surface area contributed by atoms with Crippen LogP contribution in [-0.2, 0) is 6.42 Å². The lowest BCUT2D eigenvalue weighted by molar-refractivity contribution is -0.383. The lowest BCUT2D eigenvalue weighted by Crippen LogP contribution is -2.05. The van der Waals surface area contributed by atoms with Gasteiger partial charge >= 0.3 is 0 Å². The molecule has 0 atom stereocenters. The second-order valence-electron chi connectivity index (χ2n) is 4.56. The molecule has 0 saturated carbocycles. The largest absolute Gasteiger partial charge is 0.497 e. The zero-order chi connectivity index (χ0) is 15.2. The molecule has 21 heavy (non-hydrogen) atoms. The van der Waals surface area contributed by atoms with Crippen LogP contribution in [0.4, 0.5) is 17.1 Å². The predicted octanol–water partition coefficient (Wildman–Crippen LogP) is 2.84. The summed E-state index contributed by atoms with van der Waals surface area (Å²) in [6, 6.07) is 12.5. The number of nitro groups is 1. The Morgan fingerprint density at radius 3 is 2.52 bits per heavy atom. The van der Waals surface area contributed by atoms with Crippen LogP contribution in [0.2, 0.25) is 0 Å². The Hall–Kier alpha value is -2.76. The average Bonchev–Trinajstić information content (AvgIpc) is 2.47. The number of hydrogen-bond acceptors (Lipinski definition) is 5. The number of benzene rings is 2. The van der Waals surface area contributed by atoms with E-state index in [0.29, 0.717) is 6.54 Å². The Labute approximate surface area is 122 Å². The summed E-state index contributed by atoms with van der Waals surface area (Å²) >= 11 is 0. The summed E-state index contributed by atoms with van der Waals surface area (Å²) in [5.41, 5.74) is 7.68. The number of nitrogens with two attached hydrogens (primary N) is 1. The van der Waals surface area contributed by atoms with Gasteiger partial charge in [0.05, 0.1) is 12.0 Å². The van der Waals surface area contributed by atoms with Crippen LogP contribution in [0.3, 0.4) is 0 Å². The van der Waals surface area contributed by atoms with E-state index < -0.39 is 4.92 Å². The predicted molar refractivity (Wildman–Crippen MR) is 82.7 cm³/mol. The quantitative estimate of drug-likeness (QED) is 0.484. The molecule has 0 aromatic heterocycles. The second kappa shape index (κ2) is 6.60. The number of nitrogens with one attached hydrogen (secondary N) is 1. The molecule has 0 unspecified atom stereocenters. The molecular formula is C15H17N3O3. The zero-order valence-corrected chi connectivity index (χ0v) is 11.7. The van der Waals surface area contributed by atoms with Crippen LogP contribution in [0.15, 0.2) is 42.5 Å². The summed E-state index contributed by atoms with van der Waals surface area (Å²) in [6.45, 7) is 0.712. The third-order valence-corrected chi connectivity index (χ3v) is 3.13. The van der Waals surface area contributed by atoms with Gasteiger partial charge < -0.3 is 15.8 Å². The van der Waals surface area contributed by atoms with Crippen LogP contribution in [0.1, 0.15) is 5.56 Å². The average molecular weight is 287 g/mol. The fourth-order valence-corrected chi connectivity index (χ4v) is 1.97. The van der Waals surface area contributed by atoms with Crippen LogP contribution in [0, 0.1) is 10.1 Å². The van der Waals surface area contributed by atoms with Crippen LogP contribution in [0.5, 0.6) is 5.75 Å². The minimum absolute atomic E-state index is 0.0734. The van der Waals surface area contributed by atoms with Gasteiger partial charge in [0, 0.05) is 18.3 Å². The van der Waals surface area contributed by atoms with Gasteiger partial charge in [0.25, 0.3) is 5.69 Å². The van der Waals surface area contributed by atoms with Crippen molar-refractivity contribution in [2.24, 2.45) is 0 Å². The summed E-state index contributed by atoms with van der Waals surface area (Å²) in [4.78, 5) is 10.2. The molecule has 6 heteroatoms. The molecule has 2 aromatic carbocycles. The zero-order valence-electron chi connectivity index (χ0n) is 11.7. The number of anilines is 2. The van der Waals surface area contributed by atoms with Crippen molar-refractivity contribution < 1.29 is 9.66 Å². The Bertz CT molecular complexity index is 627. The van der Waals surface area contributed by atoms with Crippen LogP contribution < -0.4 is 15.8 Å². The van der Waals surface area contributed by atoms with Gasteiger partial charge in [-0.25, -0.2) is 0 Å². The molecule has 0 aliphatic rings. The third-order valence-electron chi connectivity index (χ3n) is 3.13. The fraction of sp³-hybridized carbons (Fsp3) is 0.200. The van der Waals surface area contributed by atoms with E-state index in [9.17, 15) is 10.1 Å². The number of hydrogen-bond donors (Lipinski definition) is 2. The van der Waals surface area contributed by atoms with Crippen molar-refractivity contribution in [1.82, 2.24) is 0 Å². The molecule has 0 fully saturated rings. The standard InChI is InChI=1S/C15H17N3O3/c1-21-13-5-2-11(3-6-13)8-9-17-12-4-7-15(18(19)20)14(16)10-12/h2-7,10,17H,8-9,16H2,1H3. The topological polar surface area (TPSA) is 90.4 Å². The number of nitrogens with zero attached hydrogens (tertiary/aromatic N) is 1. The Morgan fingerprint density at radius 2 is 1.95 bits per heavy atom. The third kappa shape index (κ3) is 3.85. The fourth-order valence-electron chi connectivity index (χ4n) is 1.97. The summed E-state index contributed by atoms with van der Waals surface area (Å²) < 4.78 is 5.10. The molecule has 0 heterocycles. The molecule has 2 rings (SSSR count). The highest BCUT2D eigenvalue weighted by Gasteiger charge is 2.10. The van der Waals surface area contributed by atoms with Gasteiger partial charge in [-0.3, -0.25) is 10.1 Å². The lowest BCUT2D eigenvalue weighted by atomic mass is 10.1. The summed E-state index contributed by atoms with van der Waals surface area (Å²) in [7, 11) is 1.63. The van der Waals surface area contributed by atoms with Crippen molar-refractivity contribution in [3.05, 3.63) is 58.1 Å². The number of nitrogen functional groups attached to an aromatic ring is 1. The van der Waals surface area contributed by atoms with Crippen molar-refractivity contribution in [1.29, 1.82) is 0 Å². The molecule has 0 bridgehead atoms.